The molecule has 1 amide bonds. The van der Waals surface area contributed by atoms with Crippen LogP contribution < -0.4 is 5.32 Å². The Balaban J connectivity index is 2.65. The molecule has 0 fully saturated rings. The average molecular weight is 300 g/mol. The van der Waals surface area contributed by atoms with Crippen LogP contribution in [0.3, 0.4) is 0 Å². The Kier molecular flexibility index (Phi) is 4.29. The van der Waals surface area contributed by atoms with Gasteiger partial charge in [-0.1, -0.05) is 0 Å². The minimum absolute atomic E-state index is 0.190. The lowest BCUT2D eigenvalue weighted by Gasteiger charge is -2.05. The summed E-state index contributed by atoms with van der Waals surface area (Å²) in [5.74, 6) is -0.190. The first kappa shape index (κ1) is 11.9. The normalized spacial score (nSPS) is 10.6. The molecule has 1 N–H and O–H groups in total. The highest BCUT2D eigenvalue weighted by atomic mass is 79.9. The van der Waals surface area contributed by atoms with Gasteiger partial charge in [0, 0.05) is 24.3 Å². The highest BCUT2D eigenvalue weighted by Crippen LogP contribution is 2.13. The quantitative estimate of drug-likeness (QED) is 0.854. The van der Waals surface area contributed by atoms with Crippen LogP contribution in [0.5, 0.6) is 0 Å². The van der Waals surface area contributed by atoms with Crippen LogP contribution in [0, 0.1) is 0 Å². The minimum atomic E-state index is -0.581. The SMILES string of the molecule is Cn1cc(Br)cc1C(=O)NCC(Cl)Cl. The van der Waals surface area contributed by atoms with Crippen LogP contribution >= 0.6 is 39.1 Å². The molecular formula is C8H9BrCl2N2O. The van der Waals surface area contributed by atoms with Crippen LogP contribution in [-0.4, -0.2) is 21.9 Å². The number of nitrogens with zero attached hydrogens (tertiary/aromatic N) is 1. The van der Waals surface area contributed by atoms with Gasteiger partial charge in [0.1, 0.15) is 10.5 Å². The topological polar surface area (TPSA) is 34.0 Å². The van der Waals surface area contributed by atoms with Crippen molar-refractivity contribution in [2.45, 2.75) is 4.84 Å². The summed E-state index contributed by atoms with van der Waals surface area (Å²) in [7, 11) is 1.79. The Morgan fingerprint density at radius 1 is 1.71 bits per heavy atom. The fourth-order valence-corrected chi connectivity index (χ4v) is 1.69. The van der Waals surface area contributed by atoms with Crippen LogP contribution in [0.25, 0.3) is 0 Å². The van der Waals surface area contributed by atoms with Gasteiger partial charge in [-0.3, -0.25) is 4.79 Å². The predicted molar refractivity (Wildman–Crippen MR) is 60.9 cm³/mol. The van der Waals surface area contributed by atoms with Crippen molar-refractivity contribution < 1.29 is 4.79 Å². The first-order valence-electron chi connectivity index (χ1n) is 3.89. The molecule has 0 radical (unpaired) electrons. The third kappa shape index (κ3) is 3.19. The molecule has 0 aromatic carbocycles. The number of halogens is 3. The van der Waals surface area contributed by atoms with Crippen LogP contribution in [-0.2, 0) is 7.05 Å². The van der Waals surface area contributed by atoms with Gasteiger partial charge in [-0.05, 0) is 22.0 Å². The summed E-state index contributed by atoms with van der Waals surface area (Å²) < 4.78 is 2.58. The van der Waals surface area contributed by atoms with Gasteiger partial charge >= 0.3 is 0 Å². The molecule has 3 nitrogen and oxygen atoms in total. The largest absolute Gasteiger partial charge is 0.348 e. The fourth-order valence-electron chi connectivity index (χ4n) is 1.01. The Labute approximate surface area is 100 Å². The molecular weight excluding hydrogens is 291 g/mol. The standard InChI is InChI=1S/C8H9BrCl2N2O/c1-13-4-5(9)2-6(13)8(14)12-3-7(10)11/h2,4,7H,3H2,1H3,(H,12,14). The number of hydrogen-bond acceptors (Lipinski definition) is 1. The summed E-state index contributed by atoms with van der Waals surface area (Å²) in [5, 5.41) is 2.61. The zero-order chi connectivity index (χ0) is 10.7. The second kappa shape index (κ2) is 5.05. The molecule has 78 valence electrons. The summed E-state index contributed by atoms with van der Waals surface area (Å²) in [6.45, 7) is 0.241. The Hall–Kier alpha value is -0.190. The number of alkyl halides is 2. The summed E-state index contributed by atoms with van der Waals surface area (Å²) >= 11 is 14.3. The van der Waals surface area contributed by atoms with E-state index in [1.807, 2.05) is 0 Å². The van der Waals surface area contributed by atoms with Crippen LogP contribution in [0.1, 0.15) is 10.5 Å². The molecule has 0 aliphatic heterocycles. The van der Waals surface area contributed by atoms with Gasteiger partial charge in [0.2, 0.25) is 0 Å². The highest BCUT2D eigenvalue weighted by molar-refractivity contribution is 9.10. The molecule has 1 heterocycles. The Bertz CT molecular complexity index is 338. The minimum Gasteiger partial charge on any atom is -0.348 e. The summed E-state index contributed by atoms with van der Waals surface area (Å²) in [6, 6.07) is 1.73. The zero-order valence-electron chi connectivity index (χ0n) is 7.43. The number of rotatable bonds is 3. The van der Waals surface area contributed by atoms with E-state index >= 15 is 0 Å². The van der Waals surface area contributed by atoms with E-state index in [9.17, 15) is 4.79 Å². The lowest BCUT2D eigenvalue weighted by atomic mass is 10.4. The van der Waals surface area contributed by atoms with Crippen molar-refractivity contribution in [3.05, 3.63) is 22.4 Å². The Morgan fingerprint density at radius 2 is 2.36 bits per heavy atom. The first-order valence-corrected chi connectivity index (χ1v) is 5.55. The van der Waals surface area contributed by atoms with E-state index in [4.69, 9.17) is 23.2 Å². The maximum atomic E-state index is 11.5. The van der Waals surface area contributed by atoms with Crippen molar-refractivity contribution in [3.63, 3.8) is 0 Å². The van der Waals surface area contributed by atoms with E-state index in [2.05, 4.69) is 21.2 Å². The third-order valence-corrected chi connectivity index (χ3v) is 2.36. The molecule has 0 saturated carbocycles. The van der Waals surface area contributed by atoms with Crippen molar-refractivity contribution in [1.82, 2.24) is 9.88 Å². The van der Waals surface area contributed by atoms with Gasteiger partial charge < -0.3 is 9.88 Å². The van der Waals surface area contributed by atoms with E-state index < -0.39 is 4.84 Å². The molecule has 0 unspecified atom stereocenters. The number of nitrogens with one attached hydrogen (secondary N) is 1. The molecule has 0 aliphatic rings. The van der Waals surface area contributed by atoms with Gasteiger partial charge in [0.05, 0.1) is 0 Å². The molecule has 6 heteroatoms. The first-order chi connectivity index (χ1) is 6.50. The van der Waals surface area contributed by atoms with E-state index in [-0.39, 0.29) is 12.5 Å². The maximum Gasteiger partial charge on any atom is 0.268 e. The van der Waals surface area contributed by atoms with Gasteiger partial charge in [-0.2, -0.15) is 0 Å². The fraction of sp³-hybridized carbons (Fsp3) is 0.375. The van der Waals surface area contributed by atoms with E-state index in [0.29, 0.717) is 5.69 Å². The van der Waals surface area contributed by atoms with E-state index in [1.165, 1.54) is 0 Å². The van der Waals surface area contributed by atoms with Crippen molar-refractivity contribution in [2.24, 2.45) is 7.05 Å². The number of amides is 1. The lowest BCUT2D eigenvalue weighted by Crippen LogP contribution is -2.29. The molecule has 1 rings (SSSR count). The number of carbonyl (C=O) groups is 1. The van der Waals surface area contributed by atoms with Crippen molar-refractivity contribution in [2.75, 3.05) is 6.54 Å². The molecule has 1 aromatic heterocycles. The van der Waals surface area contributed by atoms with Gasteiger partial charge in [0.25, 0.3) is 5.91 Å². The average Bonchev–Trinajstić information content (AvgIpc) is 2.41. The summed E-state index contributed by atoms with van der Waals surface area (Å²) in [4.78, 5) is 10.9. The van der Waals surface area contributed by atoms with Crippen molar-refractivity contribution in [3.8, 4) is 0 Å². The lowest BCUT2D eigenvalue weighted by molar-refractivity contribution is 0.0947. The number of carbonyl (C=O) groups excluding carboxylic acids is 1. The predicted octanol–water partition coefficient (Wildman–Crippen LogP) is 2.32. The summed E-state index contributed by atoms with van der Waals surface area (Å²) in [6.07, 6.45) is 1.80. The number of aryl methyl sites for hydroxylation is 1. The van der Waals surface area contributed by atoms with Crippen molar-refractivity contribution in [1.29, 1.82) is 0 Å². The van der Waals surface area contributed by atoms with Gasteiger partial charge in [0.15, 0.2) is 0 Å². The number of hydrogen-bond donors (Lipinski definition) is 1. The zero-order valence-corrected chi connectivity index (χ0v) is 10.5. The number of aromatic nitrogens is 1. The Morgan fingerprint density at radius 3 is 2.79 bits per heavy atom. The maximum absolute atomic E-state index is 11.5. The molecule has 14 heavy (non-hydrogen) atoms. The van der Waals surface area contributed by atoms with Gasteiger partial charge in [-0.25, -0.2) is 0 Å². The van der Waals surface area contributed by atoms with E-state index in [1.54, 1.807) is 23.9 Å². The third-order valence-electron chi connectivity index (χ3n) is 1.62. The van der Waals surface area contributed by atoms with E-state index in [0.717, 1.165) is 4.47 Å². The molecule has 0 aliphatic carbocycles. The highest BCUT2D eigenvalue weighted by Gasteiger charge is 2.11. The van der Waals surface area contributed by atoms with Gasteiger partial charge in [-0.15, -0.1) is 23.2 Å². The second-order valence-corrected chi connectivity index (χ2v) is 4.95. The molecule has 0 atom stereocenters. The molecule has 1 aromatic rings. The molecule has 0 spiro atoms. The van der Waals surface area contributed by atoms with Crippen molar-refractivity contribution >= 4 is 45.0 Å². The molecule has 0 saturated heterocycles. The monoisotopic (exact) mass is 298 g/mol. The summed E-state index contributed by atoms with van der Waals surface area (Å²) in [5.41, 5.74) is 0.561. The second-order valence-electron chi connectivity index (χ2n) is 2.76. The van der Waals surface area contributed by atoms with Crippen LogP contribution in [0.4, 0.5) is 0 Å². The van der Waals surface area contributed by atoms with Crippen LogP contribution in [0.2, 0.25) is 0 Å². The smallest absolute Gasteiger partial charge is 0.268 e. The van der Waals surface area contributed by atoms with Crippen LogP contribution in [0.15, 0.2) is 16.7 Å². The molecule has 0 bridgehead atoms.